The smallest absolute Gasteiger partial charge is 0.326 e. The van der Waals surface area contributed by atoms with Gasteiger partial charge in [-0.2, -0.15) is 0 Å². The minimum absolute atomic E-state index is 0.0749. The fourth-order valence-electron chi connectivity index (χ4n) is 5.47. The molecule has 3 N–H and O–H groups in total. The maximum Gasteiger partial charge on any atom is 0.326 e. The molecule has 1 aliphatic rings. The van der Waals surface area contributed by atoms with Gasteiger partial charge in [0.2, 0.25) is 0 Å². The second kappa shape index (κ2) is 9.60. The molecule has 10 nitrogen and oxygen atoms in total. The standard InChI is InChI=1S/C28H31N5O5/c1-6-30-28(36)33-23-11-18(27(35)32-12-14(2)37-15(3)13-32)7-8-20(23)21-9-19(10-22(25(21)33)26(29)34)24-16(4)31-38-17(24)5/h7-11,14-15H,6,12-13H2,1-5H3,(H2,29,34)(H,30,36)/t14-,15+. The van der Waals surface area contributed by atoms with Gasteiger partial charge in [0.25, 0.3) is 11.8 Å². The summed E-state index contributed by atoms with van der Waals surface area (Å²) in [6, 6.07) is 8.42. The molecule has 2 aromatic heterocycles. The van der Waals surface area contributed by atoms with Gasteiger partial charge in [-0.25, -0.2) is 4.79 Å². The third-order valence-corrected chi connectivity index (χ3v) is 6.93. The van der Waals surface area contributed by atoms with E-state index in [2.05, 4.69) is 10.5 Å². The number of amides is 3. The van der Waals surface area contributed by atoms with Gasteiger partial charge < -0.3 is 25.2 Å². The van der Waals surface area contributed by atoms with Gasteiger partial charge in [0.1, 0.15) is 5.76 Å². The first kappa shape index (κ1) is 25.5. The highest BCUT2D eigenvalue weighted by Gasteiger charge is 2.28. The first-order chi connectivity index (χ1) is 18.1. The molecule has 3 heterocycles. The van der Waals surface area contributed by atoms with Crippen LogP contribution in [0.25, 0.3) is 32.9 Å². The average molecular weight is 518 g/mol. The molecule has 3 amide bonds. The first-order valence-corrected chi connectivity index (χ1v) is 12.7. The van der Waals surface area contributed by atoms with Crippen LogP contribution < -0.4 is 11.1 Å². The number of hydrogen-bond donors (Lipinski definition) is 2. The number of primary amides is 1. The molecule has 4 aromatic rings. The molecular weight excluding hydrogens is 486 g/mol. The minimum Gasteiger partial charge on any atom is -0.372 e. The molecule has 0 saturated carbocycles. The molecule has 5 rings (SSSR count). The van der Waals surface area contributed by atoms with Crippen LogP contribution in [0.3, 0.4) is 0 Å². The number of nitrogens with zero attached hydrogens (tertiary/aromatic N) is 3. The number of carbonyl (C=O) groups excluding carboxylic acids is 3. The Morgan fingerprint density at radius 3 is 2.39 bits per heavy atom. The van der Waals surface area contributed by atoms with Crippen LogP contribution >= 0.6 is 0 Å². The molecule has 38 heavy (non-hydrogen) atoms. The van der Waals surface area contributed by atoms with Crippen LogP contribution in [-0.2, 0) is 4.74 Å². The van der Waals surface area contributed by atoms with E-state index in [0.29, 0.717) is 64.0 Å². The van der Waals surface area contributed by atoms with Crippen molar-refractivity contribution < 1.29 is 23.6 Å². The molecule has 2 atom stereocenters. The van der Waals surface area contributed by atoms with Crippen molar-refractivity contribution in [2.45, 2.75) is 46.8 Å². The number of benzene rings is 2. The van der Waals surface area contributed by atoms with Crippen LogP contribution in [0.4, 0.5) is 4.79 Å². The van der Waals surface area contributed by atoms with Gasteiger partial charge >= 0.3 is 6.03 Å². The normalized spacial score (nSPS) is 17.8. The summed E-state index contributed by atoms with van der Waals surface area (Å²) in [6.45, 7) is 10.6. The zero-order valence-electron chi connectivity index (χ0n) is 22.1. The number of nitrogens with one attached hydrogen (secondary N) is 1. The third kappa shape index (κ3) is 4.20. The van der Waals surface area contributed by atoms with Gasteiger partial charge in [-0.05, 0) is 64.4 Å². The zero-order chi connectivity index (χ0) is 27.3. The van der Waals surface area contributed by atoms with Gasteiger partial charge in [-0.15, -0.1) is 0 Å². The van der Waals surface area contributed by atoms with Gasteiger partial charge in [0.15, 0.2) is 0 Å². The highest BCUT2D eigenvalue weighted by Crippen LogP contribution is 2.37. The molecule has 0 aliphatic carbocycles. The number of ether oxygens (including phenoxy) is 1. The van der Waals surface area contributed by atoms with Crippen LogP contribution in [-0.4, -0.2) is 64.3 Å². The molecule has 2 aromatic carbocycles. The van der Waals surface area contributed by atoms with Crippen molar-refractivity contribution in [3.63, 3.8) is 0 Å². The monoisotopic (exact) mass is 517 g/mol. The van der Waals surface area contributed by atoms with Crippen molar-refractivity contribution in [3.8, 4) is 11.1 Å². The summed E-state index contributed by atoms with van der Waals surface area (Å²) < 4.78 is 12.6. The van der Waals surface area contributed by atoms with E-state index in [1.807, 2.05) is 39.8 Å². The van der Waals surface area contributed by atoms with Crippen molar-refractivity contribution in [1.29, 1.82) is 0 Å². The Balaban J connectivity index is 1.77. The van der Waals surface area contributed by atoms with Crippen molar-refractivity contribution in [1.82, 2.24) is 19.9 Å². The van der Waals surface area contributed by atoms with Gasteiger partial charge in [-0.1, -0.05) is 11.2 Å². The Morgan fingerprint density at radius 1 is 1.08 bits per heavy atom. The summed E-state index contributed by atoms with van der Waals surface area (Å²) >= 11 is 0. The summed E-state index contributed by atoms with van der Waals surface area (Å²) in [4.78, 5) is 41.3. The molecule has 10 heteroatoms. The number of aryl methyl sites for hydroxylation is 2. The average Bonchev–Trinajstić information content (AvgIpc) is 3.38. The Hall–Kier alpha value is -4.18. The van der Waals surface area contributed by atoms with Crippen LogP contribution in [0.2, 0.25) is 0 Å². The Morgan fingerprint density at radius 2 is 1.79 bits per heavy atom. The fourth-order valence-corrected chi connectivity index (χ4v) is 5.47. The van der Waals surface area contributed by atoms with Crippen LogP contribution in [0.5, 0.6) is 0 Å². The highest BCUT2D eigenvalue weighted by atomic mass is 16.5. The molecule has 198 valence electrons. The van der Waals surface area contributed by atoms with E-state index in [9.17, 15) is 14.4 Å². The van der Waals surface area contributed by atoms with Gasteiger partial charge in [-0.3, -0.25) is 14.2 Å². The Bertz CT molecular complexity index is 1570. The number of morpholine rings is 1. The second-order valence-electron chi connectivity index (χ2n) is 9.85. The second-order valence-corrected chi connectivity index (χ2v) is 9.85. The molecule has 0 spiro atoms. The van der Waals surface area contributed by atoms with E-state index in [0.717, 1.165) is 5.56 Å². The molecule has 1 fully saturated rings. The molecule has 1 saturated heterocycles. The zero-order valence-corrected chi connectivity index (χ0v) is 22.1. The third-order valence-electron chi connectivity index (χ3n) is 6.93. The number of aromatic nitrogens is 2. The van der Waals surface area contributed by atoms with Crippen molar-refractivity contribution in [2.24, 2.45) is 5.73 Å². The number of hydrogen-bond acceptors (Lipinski definition) is 6. The van der Waals surface area contributed by atoms with E-state index in [-0.39, 0.29) is 23.7 Å². The Kier molecular flexibility index (Phi) is 6.44. The fraction of sp³-hybridized carbons (Fsp3) is 0.357. The number of carbonyl (C=O) groups is 3. The van der Waals surface area contributed by atoms with Crippen molar-refractivity contribution in [3.05, 3.63) is 52.9 Å². The van der Waals surface area contributed by atoms with Crippen molar-refractivity contribution >= 4 is 39.7 Å². The summed E-state index contributed by atoms with van der Waals surface area (Å²) in [6.07, 6.45) is -0.150. The lowest BCUT2D eigenvalue weighted by molar-refractivity contribution is -0.0586. The van der Waals surface area contributed by atoms with Gasteiger partial charge in [0, 0.05) is 41.5 Å². The molecule has 1 aliphatic heterocycles. The van der Waals surface area contributed by atoms with Gasteiger partial charge in [0.05, 0.1) is 34.5 Å². The van der Waals surface area contributed by atoms with Crippen LogP contribution in [0.1, 0.15) is 52.9 Å². The summed E-state index contributed by atoms with van der Waals surface area (Å²) in [5.41, 5.74) is 9.50. The van der Waals surface area contributed by atoms with Crippen molar-refractivity contribution in [2.75, 3.05) is 19.6 Å². The van der Waals surface area contributed by atoms with E-state index in [1.54, 1.807) is 30.0 Å². The first-order valence-electron chi connectivity index (χ1n) is 12.7. The topological polar surface area (TPSA) is 133 Å². The largest absolute Gasteiger partial charge is 0.372 e. The minimum atomic E-state index is -0.676. The number of rotatable bonds is 4. The summed E-state index contributed by atoms with van der Waals surface area (Å²) in [7, 11) is 0. The molecular formula is C28H31N5O5. The van der Waals surface area contributed by atoms with Crippen LogP contribution in [0.15, 0.2) is 34.9 Å². The Labute approximate surface area is 219 Å². The number of nitrogens with two attached hydrogens (primary N) is 1. The SMILES string of the molecule is CCNC(=O)n1c2cc(C(=O)N3C[C@@H](C)O[C@@H](C)C3)ccc2c2cc(-c3c(C)noc3C)cc(C(N)=O)c21. The van der Waals surface area contributed by atoms with Crippen LogP contribution in [0, 0.1) is 13.8 Å². The quantitative estimate of drug-likeness (QED) is 0.421. The molecule has 0 unspecified atom stereocenters. The van der Waals surface area contributed by atoms with E-state index < -0.39 is 11.9 Å². The van der Waals surface area contributed by atoms with E-state index >= 15 is 0 Å². The van der Waals surface area contributed by atoms with E-state index in [4.69, 9.17) is 15.0 Å². The predicted molar refractivity (Wildman–Crippen MR) is 143 cm³/mol. The molecule has 0 bridgehead atoms. The predicted octanol–water partition coefficient (Wildman–Crippen LogP) is 3.99. The maximum atomic E-state index is 13.5. The lowest BCUT2D eigenvalue weighted by Gasteiger charge is -2.35. The van der Waals surface area contributed by atoms with E-state index in [1.165, 1.54) is 4.57 Å². The molecule has 0 radical (unpaired) electrons. The highest BCUT2D eigenvalue weighted by molar-refractivity contribution is 6.20. The summed E-state index contributed by atoms with van der Waals surface area (Å²) in [5.74, 6) is -0.218. The lowest BCUT2D eigenvalue weighted by atomic mass is 9.97. The summed E-state index contributed by atoms with van der Waals surface area (Å²) in [5, 5.41) is 8.23. The maximum absolute atomic E-state index is 13.5. The lowest BCUT2D eigenvalue weighted by Crippen LogP contribution is -2.48. The number of fused-ring (bicyclic) bond motifs is 3.